The average Bonchev–Trinajstić information content (AvgIpc) is 2.88. The molecule has 0 aliphatic rings. The van der Waals surface area contributed by atoms with Gasteiger partial charge in [0.2, 0.25) is 0 Å². The highest BCUT2D eigenvalue weighted by atomic mass is 16.5. The maximum atomic E-state index is 12.0. The molecule has 6 heteroatoms. The zero-order valence-corrected chi connectivity index (χ0v) is 14.3. The van der Waals surface area contributed by atoms with Gasteiger partial charge in [0.25, 0.3) is 0 Å². The summed E-state index contributed by atoms with van der Waals surface area (Å²) in [6.07, 6.45) is 1.52. The van der Waals surface area contributed by atoms with E-state index in [0.29, 0.717) is 12.3 Å². The predicted octanol–water partition coefficient (Wildman–Crippen LogP) is 3.14. The van der Waals surface area contributed by atoms with E-state index in [1.807, 2.05) is 18.2 Å². The first-order valence-corrected chi connectivity index (χ1v) is 7.49. The summed E-state index contributed by atoms with van der Waals surface area (Å²) >= 11 is 0. The highest BCUT2D eigenvalue weighted by Crippen LogP contribution is 2.26. The minimum Gasteiger partial charge on any atom is -0.493 e. The fourth-order valence-corrected chi connectivity index (χ4v) is 2.12. The number of esters is 1. The van der Waals surface area contributed by atoms with Crippen LogP contribution in [0.2, 0.25) is 0 Å². The number of hydrogen-bond donors (Lipinski definition) is 1. The lowest BCUT2D eigenvalue weighted by Crippen LogP contribution is -2.16. The van der Waals surface area contributed by atoms with E-state index in [1.165, 1.54) is 13.3 Å². The van der Waals surface area contributed by atoms with Crippen molar-refractivity contribution in [2.45, 2.75) is 20.8 Å². The lowest BCUT2D eigenvalue weighted by atomic mass is 9.99. The molecule has 2 rings (SSSR count). The number of methoxy groups -OCH3 is 1. The number of aromatic nitrogens is 1. The van der Waals surface area contributed by atoms with Gasteiger partial charge in [-0.1, -0.05) is 20.8 Å². The van der Waals surface area contributed by atoms with Gasteiger partial charge >= 0.3 is 5.97 Å². The first-order chi connectivity index (χ1) is 11.3. The summed E-state index contributed by atoms with van der Waals surface area (Å²) in [6.45, 7) is 6.87. The fourth-order valence-electron chi connectivity index (χ4n) is 2.12. The number of carbonyl (C=O) groups is 1. The summed E-state index contributed by atoms with van der Waals surface area (Å²) in [7, 11) is 1.27. The Balaban J connectivity index is 2.35. The van der Waals surface area contributed by atoms with Crippen LogP contribution >= 0.6 is 0 Å². The summed E-state index contributed by atoms with van der Waals surface area (Å²) in [4.78, 5) is 12.0. The van der Waals surface area contributed by atoms with Gasteiger partial charge in [-0.2, -0.15) is 5.26 Å². The van der Waals surface area contributed by atoms with E-state index in [9.17, 15) is 4.79 Å². The van der Waals surface area contributed by atoms with E-state index < -0.39 is 5.97 Å². The Morgan fingerprint density at radius 3 is 2.42 bits per heavy atom. The van der Waals surface area contributed by atoms with E-state index in [0.717, 1.165) is 5.75 Å². The number of nitriles is 1. The third kappa shape index (κ3) is 3.69. The normalized spacial score (nSPS) is 11.0. The Morgan fingerprint density at radius 2 is 1.92 bits per heavy atom. The monoisotopic (exact) mass is 327 g/mol. The zero-order valence-electron chi connectivity index (χ0n) is 14.3. The minimum absolute atomic E-state index is 0.0628. The van der Waals surface area contributed by atoms with Crippen LogP contribution in [0, 0.1) is 16.7 Å². The van der Waals surface area contributed by atoms with Crippen LogP contribution in [0.3, 0.4) is 0 Å². The summed E-state index contributed by atoms with van der Waals surface area (Å²) in [6, 6.07) is 9.19. The van der Waals surface area contributed by atoms with Crippen LogP contribution < -0.4 is 10.5 Å². The number of nitrogens with two attached hydrogens (primary N) is 1. The Hall–Kier alpha value is -2.94. The molecular formula is C18H21N3O3. The number of hydrogen-bond acceptors (Lipinski definition) is 5. The van der Waals surface area contributed by atoms with Gasteiger partial charge in [-0.25, -0.2) is 4.79 Å². The van der Waals surface area contributed by atoms with Crippen LogP contribution in [0.1, 0.15) is 36.8 Å². The number of nitrogen functional groups attached to an aromatic ring is 1. The Bertz CT molecular complexity index is 778. The van der Waals surface area contributed by atoms with E-state index in [-0.39, 0.29) is 22.4 Å². The zero-order chi connectivity index (χ0) is 17.9. The van der Waals surface area contributed by atoms with Crippen molar-refractivity contribution < 1.29 is 14.3 Å². The molecule has 0 aliphatic carbocycles. The second kappa shape index (κ2) is 6.67. The van der Waals surface area contributed by atoms with E-state index in [1.54, 1.807) is 16.7 Å². The summed E-state index contributed by atoms with van der Waals surface area (Å²) < 4.78 is 12.0. The molecule has 0 spiro atoms. The third-order valence-corrected chi connectivity index (χ3v) is 3.33. The van der Waals surface area contributed by atoms with Crippen molar-refractivity contribution in [3.05, 3.63) is 41.7 Å². The standard InChI is InChI=1S/C18H21N3O3/c1-18(2,3)11-24-14-7-5-13(6-8-14)21-10-12(9-19)15(20)16(21)17(22)23-4/h5-8,10H,11,20H2,1-4H3. The second-order valence-corrected chi connectivity index (χ2v) is 6.62. The number of rotatable bonds is 4. The second-order valence-electron chi connectivity index (χ2n) is 6.62. The van der Waals surface area contributed by atoms with Crippen molar-refractivity contribution in [2.24, 2.45) is 5.41 Å². The number of anilines is 1. The predicted molar refractivity (Wildman–Crippen MR) is 91.2 cm³/mol. The van der Waals surface area contributed by atoms with E-state index in [4.69, 9.17) is 20.5 Å². The summed E-state index contributed by atoms with van der Waals surface area (Å²) in [5, 5.41) is 9.13. The van der Waals surface area contributed by atoms with Gasteiger partial charge < -0.3 is 19.8 Å². The van der Waals surface area contributed by atoms with Gasteiger partial charge in [0.15, 0.2) is 5.69 Å². The molecule has 0 amide bonds. The van der Waals surface area contributed by atoms with Crippen LogP contribution in [0.5, 0.6) is 5.75 Å². The molecule has 0 aliphatic heterocycles. The van der Waals surface area contributed by atoms with E-state index >= 15 is 0 Å². The van der Waals surface area contributed by atoms with Crippen LogP contribution in [0.15, 0.2) is 30.5 Å². The maximum Gasteiger partial charge on any atom is 0.357 e. The molecule has 126 valence electrons. The SMILES string of the molecule is COC(=O)c1c(N)c(C#N)cn1-c1ccc(OCC(C)(C)C)cc1. The number of nitrogens with zero attached hydrogens (tertiary/aromatic N) is 2. The van der Waals surface area contributed by atoms with Crippen LogP contribution in [0.25, 0.3) is 5.69 Å². The van der Waals surface area contributed by atoms with Crippen LogP contribution in [-0.4, -0.2) is 24.3 Å². The molecule has 0 fully saturated rings. The van der Waals surface area contributed by atoms with Gasteiger partial charge in [0.05, 0.1) is 25.0 Å². The smallest absolute Gasteiger partial charge is 0.357 e. The molecule has 6 nitrogen and oxygen atoms in total. The Morgan fingerprint density at radius 1 is 1.29 bits per heavy atom. The van der Waals surface area contributed by atoms with Crippen molar-refractivity contribution >= 4 is 11.7 Å². The van der Waals surface area contributed by atoms with Crippen molar-refractivity contribution in [1.29, 1.82) is 5.26 Å². The number of benzene rings is 1. The van der Waals surface area contributed by atoms with Crippen LogP contribution in [0.4, 0.5) is 5.69 Å². The van der Waals surface area contributed by atoms with Gasteiger partial charge in [-0.15, -0.1) is 0 Å². The minimum atomic E-state index is -0.595. The van der Waals surface area contributed by atoms with Gasteiger partial charge in [-0.05, 0) is 29.7 Å². The molecule has 1 aromatic carbocycles. The molecule has 0 saturated carbocycles. The van der Waals surface area contributed by atoms with Crippen molar-refractivity contribution in [3.63, 3.8) is 0 Å². The topological polar surface area (TPSA) is 90.3 Å². The molecule has 0 unspecified atom stereocenters. The highest BCUT2D eigenvalue weighted by Gasteiger charge is 2.21. The average molecular weight is 327 g/mol. The van der Waals surface area contributed by atoms with Crippen molar-refractivity contribution in [2.75, 3.05) is 19.5 Å². The summed E-state index contributed by atoms with van der Waals surface area (Å²) in [5.41, 5.74) is 7.11. The summed E-state index contributed by atoms with van der Waals surface area (Å²) in [5.74, 6) is 0.135. The third-order valence-electron chi connectivity index (χ3n) is 3.33. The molecule has 2 N–H and O–H groups in total. The molecule has 0 bridgehead atoms. The molecular weight excluding hydrogens is 306 g/mol. The highest BCUT2D eigenvalue weighted by molar-refractivity contribution is 5.95. The van der Waals surface area contributed by atoms with Gasteiger partial charge in [-0.3, -0.25) is 0 Å². The molecule has 1 aromatic heterocycles. The first kappa shape index (κ1) is 17.4. The molecule has 0 radical (unpaired) electrons. The van der Waals surface area contributed by atoms with Crippen molar-refractivity contribution in [1.82, 2.24) is 4.57 Å². The van der Waals surface area contributed by atoms with Gasteiger partial charge in [0, 0.05) is 11.9 Å². The fraction of sp³-hybridized carbons (Fsp3) is 0.333. The maximum absolute atomic E-state index is 12.0. The molecule has 0 atom stereocenters. The first-order valence-electron chi connectivity index (χ1n) is 7.49. The lowest BCUT2D eigenvalue weighted by molar-refractivity contribution is 0.0593. The largest absolute Gasteiger partial charge is 0.493 e. The Kier molecular flexibility index (Phi) is 4.84. The molecule has 2 aromatic rings. The van der Waals surface area contributed by atoms with Crippen LogP contribution in [-0.2, 0) is 4.74 Å². The van der Waals surface area contributed by atoms with E-state index in [2.05, 4.69) is 20.8 Å². The molecule has 24 heavy (non-hydrogen) atoms. The quantitative estimate of drug-likeness (QED) is 0.871. The number of ether oxygens (including phenoxy) is 2. The molecule has 0 saturated heterocycles. The lowest BCUT2D eigenvalue weighted by Gasteiger charge is -2.19. The number of carbonyl (C=O) groups excluding carboxylic acids is 1. The van der Waals surface area contributed by atoms with Crippen molar-refractivity contribution in [3.8, 4) is 17.5 Å². The van der Waals surface area contributed by atoms with Gasteiger partial charge in [0.1, 0.15) is 11.8 Å². The molecule has 1 heterocycles. The Labute approximate surface area is 141 Å².